The van der Waals surface area contributed by atoms with Gasteiger partial charge in [0.15, 0.2) is 0 Å². The van der Waals surface area contributed by atoms with Crippen molar-refractivity contribution >= 4 is 0 Å². The first-order valence-corrected chi connectivity index (χ1v) is 4.55. The van der Waals surface area contributed by atoms with Gasteiger partial charge in [-0.25, -0.2) is 0 Å². The molecule has 0 bridgehead atoms. The average molecular weight is 165 g/mol. The Hall–Kier alpha value is -0.830. The van der Waals surface area contributed by atoms with Crippen molar-refractivity contribution in [2.24, 2.45) is 11.8 Å². The third-order valence-corrected chi connectivity index (χ3v) is 2.56. The van der Waals surface area contributed by atoms with Crippen molar-refractivity contribution in [3.63, 3.8) is 0 Å². The highest BCUT2D eigenvalue weighted by Gasteiger charge is 2.31. The number of nitrogens with one attached hydrogen (secondary N) is 2. The van der Waals surface area contributed by atoms with Gasteiger partial charge in [0.25, 0.3) is 0 Å². The van der Waals surface area contributed by atoms with Crippen molar-refractivity contribution in [3.8, 4) is 0 Å². The van der Waals surface area contributed by atoms with E-state index in [1.807, 2.05) is 6.07 Å². The van der Waals surface area contributed by atoms with Crippen molar-refractivity contribution in [2.45, 2.75) is 19.9 Å². The van der Waals surface area contributed by atoms with Gasteiger partial charge in [0.1, 0.15) is 0 Å². The van der Waals surface area contributed by atoms with E-state index in [9.17, 15) is 0 Å². The molecule has 2 atom stereocenters. The van der Waals surface area contributed by atoms with E-state index in [0.717, 1.165) is 24.9 Å². The van der Waals surface area contributed by atoms with Gasteiger partial charge < -0.3 is 5.32 Å². The van der Waals surface area contributed by atoms with E-state index in [4.69, 9.17) is 0 Å². The summed E-state index contributed by atoms with van der Waals surface area (Å²) in [4.78, 5) is 0. The molecule has 1 heterocycles. The fraction of sp³-hybridized carbons (Fsp3) is 0.667. The molecule has 0 radical (unpaired) electrons. The summed E-state index contributed by atoms with van der Waals surface area (Å²) in [6.07, 6.45) is 3.19. The predicted molar refractivity (Wildman–Crippen MR) is 47.6 cm³/mol. The Morgan fingerprint density at radius 2 is 2.58 bits per heavy atom. The second-order valence-corrected chi connectivity index (χ2v) is 3.69. The summed E-state index contributed by atoms with van der Waals surface area (Å²) in [6.45, 7) is 4.38. The Bertz CT molecular complexity index is 230. The highest BCUT2D eigenvalue weighted by atomic mass is 15.1. The Kier molecular flexibility index (Phi) is 2.13. The normalized spacial score (nSPS) is 27.4. The number of aromatic amines is 1. The summed E-state index contributed by atoms with van der Waals surface area (Å²) in [5, 5.41) is 10.2. The smallest absolute Gasteiger partial charge is 0.0490 e. The van der Waals surface area contributed by atoms with Gasteiger partial charge in [-0.15, -0.1) is 0 Å². The van der Waals surface area contributed by atoms with Crippen LogP contribution >= 0.6 is 0 Å². The van der Waals surface area contributed by atoms with Gasteiger partial charge in [-0.2, -0.15) is 5.10 Å². The van der Waals surface area contributed by atoms with Crippen molar-refractivity contribution in [1.29, 1.82) is 0 Å². The number of hydrogen-bond donors (Lipinski definition) is 2. The molecule has 3 heteroatoms. The standard InChI is InChI=1S/C9H15N3/c1-7-4-8(7)5-10-6-9-2-3-11-12-9/h2-3,7-8,10H,4-6H2,1H3,(H,11,12). The molecule has 0 saturated heterocycles. The second-order valence-electron chi connectivity index (χ2n) is 3.69. The monoisotopic (exact) mass is 165 g/mol. The molecule has 2 unspecified atom stereocenters. The third-order valence-electron chi connectivity index (χ3n) is 2.56. The third kappa shape index (κ3) is 1.85. The summed E-state index contributed by atoms with van der Waals surface area (Å²) in [7, 11) is 0. The predicted octanol–water partition coefficient (Wildman–Crippen LogP) is 1.16. The molecule has 1 saturated carbocycles. The summed E-state index contributed by atoms with van der Waals surface area (Å²) < 4.78 is 0. The maximum atomic E-state index is 3.89. The molecule has 1 fully saturated rings. The Morgan fingerprint density at radius 3 is 3.17 bits per heavy atom. The molecule has 66 valence electrons. The van der Waals surface area contributed by atoms with E-state index in [1.54, 1.807) is 6.20 Å². The van der Waals surface area contributed by atoms with Crippen molar-refractivity contribution in [1.82, 2.24) is 15.5 Å². The lowest BCUT2D eigenvalue weighted by atomic mass is 10.3. The van der Waals surface area contributed by atoms with Crippen LogP contribution in [0.3, 0.4) is 0 Å². The number of H-pyrrole nitrogens is 1. The van der Waals surface area contributed by atoms with E-state index >= 15 is 0 Å². The highest BCUT2D eigenvalue weighted by molar-refractivity contribution is 4.97. The number of aromatic nitrogens is 2. The maximum absolute atomic E-state index is 3.89. The van der Waals surface area contributed by atoms with Crippen LogP contribution in [0.5, 0.6) is 0 Å². The van der Waals surface area contributed by atoms with Gasteiger partial charge in [-0.1, -0.05) is 6.92 Å². The molecule has 2 rings (SSSR count). The molecule has 12 heavy (non-hydrogen) atoms. The molecule has 0 aliphatic heterocycles. The van der Waals surface area contributed by atoms with Gasteiger partial charge in [0.2, 0.25) is 0 Å². The van der Waals surface area contributed by atoms with Crippen LogP contribution in [0, 0.1) is 11.8 Å². The van der Waals surface area contributed by atoms with Crippen LogP contribution in [0.25, 0.3) is 0 Å². The topological polar surface area (TPSA) is 40.7 Å². The zero-order valence-electron chi connectivity index (χ0n) is 7.38. The minimum absolute atomic E-state index is 0.920. The first-order valence-electron chi connectivity index (χ1n) is 4.55. The van der Waals surface area contributed by atoms with Crippen molar-refractivity contribution in [3.05, 3.63) is 18.0 Å². The van der Waals surface area contributed by atoms with Crippen LogP contribution in [0.2, 0.25) is 0 Å². The van der Waals surface area contributed by atoms with Crippen LogP contribution in [-0.4, -0.2) is 16.7 Å². The van der Waals surface area contributed by atoms with E-state index < -0.39 is 0 Å². The van der Waals surface area contributed by atoms with Crippen LogP contribution in [0.4, 0.5) is 0 Å². The Balaban J connectivity index is 1.63. The second kappa shape index (κ2) is 3.27. The number of rotatable bonds is 4. The number of nitrogens with zero attached hydrogens (tertiary/aromatic N) is 1. The van der Waals surface area contributed by atoms with Gasteiger partial charge in [-0.05, 0) is 30.9 Å². The molecular formula is C9H15N3. The molecule has 0 amide bonds. The molecule has 3 nitrogen and oxygen atoms in total. The molecule has 0 spiro atoms. The first-order chi connectivity index (χ1) is 5.86. The highest BCUT2D eigenvalue weighted by Crippen LogP contribution is 2.36. The van der Waals surface area contributed by atoms with E-state index in [2.05, 4.69) is 22.4 Å². The molecule has 1 aliphatic rings. The summed E-state index contributed by atoms with van der Waals surface area (Å²) in [5.41, 5.74) is 1.17. The molecule has 1 aliphatic carbocycles. The largest absolute Gasteiger partial charge is 0.311 e. The lowest BCUT2D eigenvalue weighted by Crippen LogP contribution is -2.16. The lowest BCUT2D eigenvalue weighted by molar-refractivity contribution is 0.604. The van der Waals surface area contributed by atoms with Crippen LogP contribution in [-0.2, 0) is 6.54 Å². The summed E-state index contributed by atoms with van der Waals surface area (Å²) in [5.74, 6) is 1.87. The minimum atomic E-state index is 0.920. The fourth-order valence-electron chi connectivity index (χ4n) is 1.46. The fourth-order valence-corrected chi connectivity index (χ4v) is 1.46. The van der Waals surface area contributed by atoms with Crippen molar-refractivity contribution in [2.75, 3.05) is 6.54 Å². The summed E-state index contributed by atoms with van der Waals surface area (Å²) >= 11 is 0. The molecule has 2 N–H and O–H groups in total. The quantitative estimate of drug-likeness (QED) is 0.702. The lowest BCUT2D eigenvalue weighted by Gasteiger charge is -2.00. The van der Waals surface area contributed by atoms with Gasteiger partial charge in [0, 0.05) is 18.4 Å². The number of hydrogen-bond acceptors (Lipinski definition) is 2. The zero-order valence-corrected chi connectivity index (χ0v) is 7.38. The Labute approximate surface area is 72.6 Å². The SMILES string of the molecule is CC1CC1CNCc1ccn[nH]1. The first kappa shape index (κ1) is 7.80. The van der Waals surface area contributed by atoms with Crippen molar-refractivity contribution < 1.29 is 0 Å². The van der Waals surface area contributed by atoms with Gasteiger partial charge >= 0.3 is 0 Å². The van der Waals surface area contributed by atoms with E-state index in [-0.39, 0.29) is 0 Å². The molecule has 0 aromatic carbocycles. The molecular weight excluding hydrogens is 150 g/mol. The van der Waals surface area contributed by atoms with Gasteiger partial charge in [-0.3, -0.25) is 5.10 Å². The minimum Gasteiger partial charge on any atom is -0.311 e. The van der Waals surface area contributed by atoms with E-state index in [1.165, 1.54) is 12.1 Å². The van der Waals surface area contributed by atoms with Crippen LogP contribution < -0.4 is 5.32 Å². The molecule has 1 aromatic rings. The Morgan fingerprint density at radius 1 is 1.75 bits per heavy atom. The van der Waals surface area contributed by atoms with E-state index in [0.29, 0.717) is 0 Å². The van der Waals surface area contributed by atoms with Crippen LogP contribution in [0.1, 0.15) is 19.0 Å². The maximum Gasteiger partial charge on any atom is 0.0490 e. The molecule has 1 aromatic heterocycles. The van der Waals surface area contributed by atoms with Gasteiger partial charge in [0.05, 0.1) is 0 Å². The average Bonchev–Trinajstić information content (AvgIpc) is 2.58. The summed E-state index contributed by atoms with van der Waals surface area (Å²) in [6, 6.07) is 2.00. The zero-order chi connectivity index (χ0) is 8.39. The van der Waals surface area contributed by atoms with Crippen LogP contribution in [0.15, 0.2) is 12.3 Å².